The minimum Gasteiger partial charge on any atom is -0.475 e. The molecule has 1 aliphatic carbocycles. The van der Waals surface area contributed by atoms with Crippen molar-refractivity contribution in [2.24, 2.45) is 4.99 Å². The van der Waals surface area contributed by atoms with Crippen LogP contribution in [0.4, 0.5) is 0 Å². The highest BCUT2D eigenvalue weighted by Gasteiger charge is 2.26. The van der Waals surface area contributed by atoms with Crippen LogP contribution in [0.2, 0.25) is 0 Å². The normalized spacial score (nSPS) is 18.4. The van der Waals surface area contributed by atoms with E-state index in [4.69, 9.17) is 9.47 Å². The number of ether oxygens (including phenoxy) is 2. The number of nitrogens with zero attached hydrogens (tertiary/aromatic N) is 2. The second-order valence-electron chi connectivity index (χ2n) is 8.54. The number of nitrogens with one attached hydrogen (secondary N) is 1. The SMILES string of the molecule is O=C(c1ccc(C2=N[C@H](C(=O)NCCCCOC3CCCCC3)CO2)cc1)c1cccnc1. The number of hydrogen-bond donors (Lipinski definition) is 1. The van der Waals surface area contributed by atoms with E-state index in [1.807, 2.05) is 0 Å². The molecule has 0 unspecified atom stereocenters. The largest absolute Gasteiger partial charge is 0.475 e. The summed E-state index contributed by atoms with van der Waals surface area (Å²) in [4.78, 5) is 33.3. The van der Waals surface area contributed by atoms with Gasteiger partial charge in [-0.3, -0.25) is 14.6 Å². The number of aliphatic imine (C=N–C) groups is 1. The van der Waals surface area contributed by atoms with Gasteiger partial charge in [0, 0.05) is 42.2 Å². The first-order chi connectivity index (χ1) is 16.2. The van der Waals surface area contributed by atoms with E-state index < -0.39 is 6.04 Å². The van der Waals surface area contributed by atoms with Crippen LogP contribution in [-0.2, 0) is 14.3 Å². The van der Waals surface area contributed by atoms with E-state index in [-0.39, 0.29) is 18.3 Å². The molecule has 1 N–H and O–H groups in total. The lowest BCUT2D eigenvalue weighted by Crippen LogP contribution is -2.35. The summed E-state index contributed by atoms with van der Waals surface area (Å²) < 4.78 is 11.6. The summed E-state index contributed by atoms with van der Waals surface area (Å²) in [7, 11) is 0. The Labute approximate surface area is 194 Å². The summed E-state index contributed by atoms with van der Waals surface area (Å²) in [6.45, 7) is 1.59. The molecule has 1 aromatic carbocycles. The van der Waals surface area contributed by atoms with Crippen LogP contribution in [0.1, 0.15) is 66.4 Å². The molecule has 0 radical (unpaired) electrons. The number of carbonyl (C=O) groups excluding carboxylic acids is 2. The molecule has 1 atom stereocenters. The summed E-state index contributed by atoms with van der Waals surface area (Å²) in [6.07, 6.45) is 11.7. The molecular weight excluding hydrogens is 418 g/mol. The molecule has 7 nitrogen and oxygen atoms in total. The minimum absolute atomic E-state index is 0.0923. The number of unbranched alkanes of at least 4 members (excludes halogenated alkanes) is 1. The van der Waals surface area contributed by atoms with Crippen molar-refractivity contribution in [3.05, 3.63) is 65.5 Å². The molecule has 4 rings (SSSR count). The fourth-order valence-electron chi connectivity index (χ4n) is 4.13. The van der Waals surface area contributed by atoms with Crippen molar-refractivity contribution < 1.29 is 19.1 Å². The molecule has 2 aliphatic rings. The van der Waals surface area contributed by atoms with Crippen molar-refractivity contribution in [1.29, 1.82) is 0 Å². The zero-order valence-corrected chi connectivity index (χ0v) is 18.9. The van der Waals surface area contributed by atoms with Crippen LogP contribution in [0.25, 0.3) is 0 Å². The molecule has 2 aromatic rings. The van der Waals surface area contributed by atoms with E-state index in [9.17, 15) is 9.59 Å². The van der Waals surface area contributed by atoms with Crippen molar-refractivity contribution in [2.45, 2.75) is 57.1 Å². The summed E-state index contributed by atoms with van der Waals surface area (Å²) in [5, 5.41) is 2.95. The molecule has 7 heteroatoms. The molecule has 0 spiro atoms. The first-order valence-electron chi connectivity index (χ1n) is 11.9. The van der Waals surface area contributed by atoms with Crippen molar-refractivity contribution in [3.63, 3.8) is 0 Å². The third-order valence-corrected chi connectivity index (χ3v) is 6.05. The van der Waals surface area contributed by atoms with Gasteiger partial charge in [0.15, 0.2) is 11.8 Å². The van der Waals surface area contributed by atoms with Crippen molar-refractivity contribution in [3.8, 4) is 0 Å². The highest BCUT2D eigenvalue weighted by Crippen LogP contribution is 2.20. The maximum absolute atomic E-state index is 12.5. The summed E-state index contributed by atoms with van der Waals surface area (Å²) in [5.74, 6) is 0.211. The first-order valence-corrected chi connectivity index (χ1v) is 11.9. The van der Waals surface area contributed by atoms with Gasteiger partial charge in [0.25, 0.3) is 0 Å². The lowest BCUT2D eigenvalue weighted by molar-refractivity contribution is -0.122. The van der Waals surface area contributed by atoms with Gasteiger partial charge in [0.05, 0.1) is 6.10 Å². The molecule has 33 heavy (non-hydrogen) atoms. The van der Waals surface area contributed by atoms with E-state index in [0.717, 1.165) is 25.0 Å². The van der Waals surface area contributed by atoms with Gasteiger partial charge in [0.1, 0.15) is 6.61 Å². The number of hydrogen-bond acceptors (Lipinski definition) is 6. The third-order valence-electron chi connectivity index (χ3n) is 6.05. The maximum atomic E-state index is 12.5. The van der Waals surface area contributed by atoms with Crippen LogP contribution in [0.5, 0.6) is 0 Å². The predicted molar refractivity (Wildman–Crippen MR) is 125 cm³/mol. The lowest BCUT2D eigenvalue weighted by atomic mass is 9.98. The van der Waals surface area contributed by atoms with Gasteiger partial charge in [-0.05, 0) is 49.9 Å². The average molecular weight is 450 g/mol. The fraction of sp³-hybridized carbons (Fsp3) is 0.462. The molecule has 1 amide bonds. The molecule has 174 valence electrons. The third kappa shape index (κ3) is 6.48. The number of benzene rings is 1. The first kappa shape index (κ1) is 23.1. The maximum Gasteiger partial charge on any atom is 0.248 e. The topological polar surface area (TPSA) is 89.9 Å². The predicted octanol–water partition coefficient (Wildman–Crippen LogP) is 3.70. The smallest absolute Gasteiger partial charge is 0.248 e. The molecule has 2 heterocycles. The van der Waals surface area contributed by atoms with Gasteiger partial charge in [-0.1, -0.05) is 31.4 Å². The van der Waals surface area contributed by atoms with E-state index in [1.54, 1.807) is 48.8 Å². The van der Waals surface area contributed by atoms with Crippen LogP contribution in [-0.4, -0.2) is 54.5 Å². The Morgan fingerprint density at radius 1 is 1.03 bits per heavy atom. The zero-order chi connectivity index (χ0) is 22.9. The van der Waals surface area contributed by atoms with Gasteiger partial charge in [0.2, 0.25) is 11.8 Å². The highest BCUT2D eigenvalue weighted by molar-refractivity contribution is 6.09. The average Bonchev–Trinajstić information content (AvgIpc) is 3.37. The fourth-order valence-corrected chi connectivity index (χ4v) is 4.13. The van der Waals surface area contributed by atoms with E-state index in [1.165, 1.54) is 32.1 Å². The highest BCUT2D eigenvalue weighted by atomic mass is 16.5. The second kappa shape index (κ2) is 11.7. The number of amides is 1. The monoisotopic (exact) mass is 449 g/mol. The zero-order valence-electron chi connectivity index (χ0n) is 18.9. The quantitative estimate of drug-likeness (QED) is 0.441. The summed E-state index contributed by atoms with van der Waals surface area (Å²) >= 11 is 0. The Balaban J connectivity index is 1.20. The second-order valence-corrected chi connectivity index (χ2v) is 8.54. The van der Waals surface area contributed by atoms with Crippen molar-refractivity contribution in [2.75, 3.05) is 19.8 Å². The van der Waals surface area contributed by atoms with Crippen LogP contribution >= 0.6 is 0 Å². The van der Waals surface area contributed by atoms with Gasteiger partial charge >= 0.3 is 0 Å². The van der Waals surface area contributed by atoms with Crippen LogP contribution in [0.3, 0.4) is 0 Å². The molecule has 1 fully saturated rings. The summed E-state index contributed by atoms with van der Waals surface area (Å²) in [5.41, 5.74) is 1.84. The van der Waals surface area contributed by atoms with Gasteiger partial charge in [-0.2, -0.15) is 0 Å². The molecule has 0 bridgehead atoms. The molecule has 1 saturated carbocycles. The van der Waals surface area contributed by atoms with Crippen molar-refractivity contribution in [1.82, 2.24) is 10.3 Å². The van der Waals surface area contributed by atoms with Crippen molar-refractivity contribution >= 4 is 17.6 Å². The van der Waals surface area contributed by atoms with E-state index >= 15 is 0 Å². The summed E-state index contributed by atoms with van der Waals surface area (Å²) in [6, 6.07) is 9.97. The number of rotatable bonds is 10. The minimum atomic E-state index is -0.546. The number of aromatic nitrogens is 1. The van der Waals surface area contributed by atoms with Crippen LogP contribution < -0.4 is 5.32 Å². The van der Waals surface area contributed by atoms with E-state index in [0.29, 0.717) is 29.7 Å². The Kier molecular flexibility index (Phi) is 8.19. The molecular formula is C26H31N3O4. The lowest BCUT2D eigenvalue weighted by Gasteiger charge is -2.21. The van der Waals surface area contributed by atoms with Gasteiger partial charge in [-0.15, -0.1) is 0 Å². The Bertz CT molecular complexity index is 953. The standard InChI is InChI=1S/C26H31N3O4/c30-24(21-7-6-14-27-17-21)19-10-12-20(13-11-19)26-29-23(18-33-26)25(31)28-15-4-5-16-32-22-8-2-1-3-9-22/h6-7,10-14,17,22-23H,1-5,8-9,15-16,18H2,(H,28,31)/t23-/m0/s1. The van der Waals surface area contributed by atoms with Gasteiger partial charge in [-0.25, -0.2) is 4.99 Å². The number of pyridine rings is 1. The van der Waals surface area contributed by atoms with E-state index in [2.05, 4.69) is 15.3 Å². The Morgan fingerprint density at radius 3 is 2.61 bits per heavy atom. The number of carbonyl (C=O) groups is 2. The number of ketones is 1. The Morgan fingerprint density at radius 2 is 1.85 bits per heavy atom. The van der Waals surface area contributed by atoms with Gasteiger partial charge < -0.3 is 14.8 Å². The Hall–Kier alpha value is -3.06. The molecule has 1 aliphatic heterocycles. The molecule has 0 saturated heterocycles. The van der Waals surface area contributed by atoms with Crippen LogP contribution in [0.15, 0.2) is 53.8 Å². The molecule has 1 aromatic heterocycles. The van der Waals surface area contributed by atoms with Crippen LogP contribution in [0, 0.1) is 0 Å².